The van der Waals surface area contributed by atoms with Gasteiger partial charge in [-0.3, -0.25) is 4.79 Å². The predicted molar refractivity (Wildman–Crippen MR) is 176 cm³/mol. The Morgan fingerprint density at radius 2 is 1.96 bits per heavy atom. The largest absolute Gasteiger partial charge is 0.378 e. The number of ether oxygens (including phenoxy) is 1. The maximum absolute atomic E-state index is 14.7. The molecule has 3 saturated heterocycles. The third-order valence-corrected chi connectivity index (χ3v) is 10.6. The molecule has 0 spiro atoms. The molecule has 6 atom stereocenters. The average molecular weight is 653 g/mol. The Morgan fingerprint density at radius 1 is 1.15 bits per heavy atom. The maximum Gasteiger partial charge on any atom is 0.246 e. The number of hydrogen-bond donors (Lipinski definition) is 1. The van der Waals surface area contributed by atoms with Gasteiger partial charge in [0.05, 0.1) is 24.4 Å². The second-order valence-corrected chi connectivity index (χ2v) is 14.9. The Balaban J connectivity index is 1.34. The Bertz CT molecular complexity index is 1740. The molecule has 3 aliphatic heterocycles. The van der Waals surface area contributed by atoms with Crippen molar-refractivity contribution in [2.75, 3.05) is 53.9 Å². The molecule has 3 aromatic rings. The number of rotatable bonds is 9. The van der Waals surface area contributed by atoms with Crippen LogP contribution in [0, 0.1) is 5.92 Å². The highest BCUT2D eigenvalue weighted by atomic mass is 32.2. The summed E-state index contributed by atoms with van der Waals surface area (Å²) in [5, 5.41) is 5.00. The van der Waals surface area contributed by atoms with Crippen LogP contribution in [0.15, 0.2) is 43.4 Å². The second kappa shape index (κ2) is 12.7. The smallest absolute Gasteiger partial charge is 0.246 e. The zero-order valence-corrected chi connectivity index (χ0v) is 27.5. The van der Waals surface area contributed by atoms with Gasteiger partial charge in [0.25, 0.3) is 0 Å². The Kier molecular flexibility index (Phi) is 8.85. The van der Waals surface area contributed by atoms with Crippen molar-refractivity contribution < 1.29 is 22.3 Å². The topological polar surface area (TPSA) is 134 Å². The van der Waals surface area contributed by atoms with Crippen molar-refractivity contribution in [2.45, 2.75) is 63.5 Å². The molecule has 12 nitrogen and oxygen atoms in total. The van der Waals surface area contributed by atoms with Crippen molar-refractivity contribution in [3.05, 3.63) is 48.9 Å². The Labute approximate surface area is 269 Å². The van der Waals surface area contributed by atoms with E-state index in [1.54, 1.807) is 18.5 Å². The molecule has 1 amide bonds. The van der Waals surface area contributed by atoms with Gasteiger partial charge < -0.3 is 24.8 Å². The number of amides is 1. The van der Waals surface area contributed by atoms with Gasteiger partial charge in [-0.25, -0.2) is 27.8 Å². The van der Waals surface area contributed by atoms with Crippen LogP contribution in [-0.2, 0) is 19.4 Å². The molecule has 3 aromatic heterocycles. The van der Waals surface area contributed by atoms with E-state index < -0.39 is 22.1 Å². The molecule has 3 aliphatic rings. The molecule has 0 aromatic carbocycles. The summed E-state index contributed by atoms with van der Waals surface area (Å²) in [7, 11) is -1.58. The second-order valence-electron chi connectivity index (χ2n) is 12.7. The van der Waals surface area contributed by atoms with E-state index in [0.29, 0.717) is 37.1 Å². The average Bonchev–Trinajstić information content (AvgIpc) is 3.52. The fourth-order valence-corrected chi connectivity index (χ4v) is 8.19. The summed E-state index contributed by atoms with van der Waals surface area (Å²) in [6, 6.07) is 3.48. The highest BCUT2D eigenvalue weighted by Gasteiger charge is 2.40. The van der Waals surface area contributed by atoms with Crippen molar-refractivity contribution in [3.63, 3.8) is 0 Å². The number of hydrogen-bond acceptors (Lipinski definition) is 11. The lowest BCUT2D eigenvalue weighted by atomic mass is 9.90. The van der Waals surface area contributed by atoms with E-state index in [1.165, 1.54) is 19.4 Å². The summed E-state index contributed by atoms with van der Waals surface area (Å²) in [6.07, 6.45) is 8.43. The molecular weight excluding hydrogens is 611 g/mol. The SMILES string of the molecule is C=CC(=O)N1CCCC1c1cnc(N2C[C@H](CS(C)(=O)=O)[C@H]2C)c2cnc(Nc3ccnc(N4C[C@H](F)[C@H](OC)C[C@@H]4C)n3)cc12. The number of anilines is 4. The number of carbonyl (C=O) groups excluding carboxylic acids is 1. The van der Waals surface area contributed by atoms with Gasteiger partial charge in [0.15, 0.2) is 0 Å². The van der Waals surface area contributed by atoms with Gasteiger partial charge in [-0.05, 0) is 56.7 Å². The molecule has 0 saturated carbocycles. The fourth-order valence-electron chi connectivity index (χ4n) is 7.03. The zero-order valence-electron chi connectivity index (χ0n) is 26.6. The van der Waals surface area contributed by atoms with Gasteiger partial charge in [-0.15, -0.1) is 0 Å². The van der Waals surface area contributed by atoms with Crippen molar-refractivity contribution in [1.29, 1.82) is 0 Å². The van der Waals surface area contributed by atoms with Gasteiger partial charge in [0.2, 0.25) is 11.9 Å². The molecule has 46 heavy (non-hydrogen) atoms. The normalized spacial score (nSPS) is 26.7. The molecule has 0 bridgehead atoms. The molecule has 1 unspecified atom stereocenters. The van der Waals surface area contributed by atoms with Gasteiger partial charge in [0, 0.05) is 74.0 Å². The number of fused-ring (bicyclic) bond motifs is 1. The van der Waals surface area contributed by atoms with Crippen molar-refractivity contribution in [1.82, 2.24) is 24.8 Å². The molecule has 14 heteroatoms. The monoisotopic (exact) mass is 652 g/mol. The molecule has 3 fully saturated rings. The molecular formula is C32H41FN8O4S. The first-order valence-electron chi connectivity index (χ1n) is 15.7. The number of aromatic nitrogens is 4. The molecule has 0 radical (unpaired) electrons. The van der Waals surface area contributed by atoms with Gasteiger partial charge in [-0.1, -0.05) is 6.58 Å². The van der Waals surface area contributed by atoms with E-state index in [-0.39, 0.29) is 42.2 Å². The third kappa shape index (κ3) is 6.24. The number of methoxy groups -OCH3 is 1. The van der Waals surface area contributed by atoms with E-state index in [4.69, 9.17) is 19.7 Å². The number of sulfone groups is 1. The van der Waals surface area contributed by atoms with Crippen molar-refractivity contribution >= 4 is 49.9 Å². The number of nitrogens with one attached hydrogen (secondary N) is 1. The number of halogens is 1. The Morgan fingerprint density at radius 3 is 2.67 bits per heavy atom. The van der Waals surface area contributed by atoms with Crippen LogP contribution in [0.2, 0.25) is 0 Å². The standard InChI is InChI=1S/C32H41FN8O4S/c1-6-30(42)39-11-7-8-26(39)23-14-36-31(41-16-21(20(41)3)18-46(5,43)44)24-15-35-29(13-22(23)24)37-28-9-10-34-32(38-28)40-17-25(33)27(45-4)12-19(40)2/h6,9-10,13-15,19-21,25-27H,1,7-8,11-12,16-18H2,2-5H3,(H,34,35,37,38)/t19-,20+,21+,25-,26?,27+/m0/s1. The maximum atomic E-state index is 14.7. The first-order valence-corrected chi connectivity index (χ1v) is 17.7. The summed E-state index contributed by atoms with van der Waals surface area (Å²) in [5.41, 5.74) is 0.907. The number of nitrogens with zero attached hydrogens (tertiary/aromatic N) is 7. The van der Waals surface area contributed by atoms with Crippen LogP contribution in [0.3, 0.4) is 0 Å². The fraction of sp³-hybridized carbons (Fsp3) is 0.531. The molecule has 6 rings (SSSR count). The van der Waals surface area contributed by atoms with E-state index >= 15 is 0 Å². The van der Waals surface area contributed by atoms with Gasteiger partial charge in [0.1, 0.15) is 33.5 Å². The first kappa shape index (κ1) is 32.0. The van der Waals surface area contributed by atoms with E-state index in [2.05, 4.69) is 21.8 Å². The number of alkyl halides is 1. The van der Waals surface area contributed by atoms with Crippen LogP contribution < -0.4 is 15.1 Å². The Hall–Kier alpha value is -3.91. The minimum atomic E-state index is -3.11. The van der Waals surface area contributed by atoms with E-state index in [0.717, 1.165) is 35.0 Å². The van der Waals surface area contributed by atoms with Crippen LogP contribution in [-0.4, -0.2) is 102 Å². The number of pyridine rings is 2. The minimum Gasteiger partial charge on any atom is -0.378 e. The van der Waals surface area contributed by atoms with Gasteiger partial charge >= 0.3 is 0 Å². The van der Waals surface area contributed by atoms with Crippen LogP contribution in [0.4, 0.5) is 27.8 Å². The lowest BCUT2D eigenvalue weighted by Gasteiger charge is -2.47. The van der Waals surface area contributed by atoms with Crippen LogP contribution in [0.1, 0.15) is 44.7 Å². The van der Waals surface area contributed by atoms with Gasteiger partial charge in [-0.2, -0.15) is 4.98 Å². The van der Waals surface area contributed by atoms with Crippen LogP contribution in [0.25, 0.3) is 10.8 Å². The van der Waals surface area contributed by atoms with Crippen LogP contribution >= 0.6 is 0 Å². The highest BCUT2D eigenvalue weighted by molar-refractivity contribution is 7.90. The van der Waals surface area contributed by atoms with Crippen molar-refractivity contribution in [3.8, 4) is 0 Å². The summed E-state index contributed by atoms with van der Waals surface area (Å²) < 4.78 is 44.0. The number of likely N-dealkylation sites (tertiary alicyclic amines) is 1. The van der Waals surface area contributed by atoms with Crippen LogP contribution in [0.5, 0.6) is 0 Å². The summed E-state index contributed by atoms with van der Waals surface area (Å²) in [4.78, 5) is 37.2. The van der Waals surface area contributed by atoms with E-state index in [9.17, 15) is 17.6 Å². The molecule has 246 valence electrons. The summed E-state index contributed by atoms with van der Waals surface area (Å²) >= 11 is 0. The number of carbonyl (C=O) groups is 1. The third-order valence-electron chi connectivity index (χ3n) is 9.58. The molecule has 6 heterocycles. The predicted octanol–water partition coefficient (Wildman–Crippen LogP) is 3.83. The zero-order chi connectivity index (χ0) is 32.7. The van der Waals surface area contributed by atoms with Crippen molar-refractivity contribution in [2.24, 2.45) is 5.92 Å². The lowest BCUT2D eigenvalue weighted by molar-refractivity contribution is -0.126. The molecule has 0 aliphatic carbocycles. The highest BCUT2D eigenvalue weighted by Crippen LogP contribution is 2.41. The molecule has 1 N–H and O–H groups in total. The minimum absolute atomic E-state index is 0.00645. The summed E-state index contributed by atoms with van der Waals surface area (Å²) in [6.45, 7) is 9.06. The lowest BCUT2D eigenvalue weighted by Crippen LogP contribution is -2.57. The quantitative estimate of drug-likeness (QED) is 0.338. The van der Waals surface area contributed by atoms with E-state index in [1.807, 2.05) is 35.9 Å². The summed E-state index contributed by atoms with van der Waals surface area (Å²) in [5.74, 6) is 2.21. The number of piperidine rings is 1. The first-order chi connectivity index (χ1) is 22.0.